The standard InChI is InChI=1S/C20H18ClFN4O/c21-15-5-1-4-14(12-15)20(27)26-9-3-8-25(10-11-26)19-16-6-2-7-17(22)18(16)23-13-24-19/h1-2,4-7,12-13H,3,8-11H2. The van der Waals surface area contributed by atoms with Crippen LogP contribution in [0.5, 0.6) is 0 Å². The molecule has 0 spiro atoms. The molecule has 1 aromatic heterocycles. The summed E-state index contributed by atoms with van der Waals surface area (Å²) in [6.07, 6.45) is 2.19. The molecule has 0 atom stereocenters. The predicted molar refractivity (Wildman–Crippen MR) is 104 cm³/mol. The number of anilines is 1. The third kappa shape index (κ3) is 3.57. The number of fused-ring (bicyclic) bond motifs is 1. The third-order valence-electron chi connectivity index (χ3n) is 4.75. The summed E-state index contributed by atoms with van der Waals surface area (Å²) >= 11 is 6.01. The molecule has 7 heteroatoms. The summed E-state index contributed by atoms with van der Waals surface area (Å²) in [4.78, 5) is 25.1. The molecular formula is C20H18ClFN4O. The van der Waals surface area contributed by atoms with Crippen molar-refractivity contribution in [3.63, 3.8) is 0 Å². The zero-order chi connectivity index (χ0) is 18.8. The number of carbonyl (C=O) groups is 1. The van der Waals surface area contributed by atoms with E-state index >= 15 is 0 Å². The van der Waals surface area contributed by atoms with Crippen molar-refractivity contribution < 1.29 is 9.18 Å². The smallest absolute Gasteiger partial charge is 0.253 e. The Hall–Kier alpha value is -2.73. The van der Waals surface area contributed by atoms with Gasteiger partial charge in [-0.1, -0.05) is 23.7 Å². The van der Waals surface area contributed by atoms with Crippen molar-refractivity contribution in [2.45, 2.75) is 6.42 Å². The lowest BCUT2D eigenvalue weighted by Crippen LogP contribution is -2.35. The van der Waals surface area contributed by atoms with Gasteiger partial charge in [0, 0.05) is 42.2 Å². The minimum Gasteiger partial charge on any atom is -0.354 e. The molecule has 2 aromatic carbocycles. The van der Waals surface area contributed by atoms with Crippen LogP contribution >= 0.6 is 11.6 Å². The van der Waals surface area contributed by atoms with Crippen molar-refractivity contribution in [3.8, 4) is 0 Å². The number of amides is 1. The van der Waals surface area contributed by atoms with E-state index in [-0.39, 0.29) is 11.7 Å². The molecule has 1 fully saturated rings. The Bertz CT molecular complexity index is 997. The normalized spacial score (nSPS) is 15.0. The molecule has 4 rings (SSSR count). The van der Waals surface area contributed by atoms with E-state index in [9.17, 15) is 9.18 Å². The maximum absolute atomic E-state index is 14.0. The summed E-state index contributed by atoms with van der Waals surface area (Å²) in [6.45, 7) is 2.57. The van der Waals surface area contributed by atoms with Crippen molar-refractivity contribution in [2.24, 2.45) is 0 Å². The Morgan fingerprint density at radius 3 is 2.74 bits per heavy atom. The fourth-order valence-electron chi connectivity index (χ4n) is 3.43. The highest BCUT2D eigenvalue weighted by molar-refractivity contribution is 6.30. The molecule has 2 heterocycles. The zero-order valence-electron chi connectivity index (χ0n) is 14.6. The molecular weight excluding hydrogens is 367 g/mol. The van der Waals surface area contributed by atoms with Gasteiger partial charge < -0.3 is 9.80 Å². The molecule has 1 aliphatic heterocycles. The van der Waals surface area contributed by atoms with E-state index in [1.165, 1.54) is 12.4 Å². The lowest BCUT2D eigenvalue weighted by atomic mass is 10.2. The molecule has 1 saturated heterocycles. The van der Waals surface area contributed by atoms with Crippen LogP contribution in [0.15, 0.2) is 48.8 Å². The molecule has 0 aliphatic carbocycles. The van der Waals surface area contributed by atoms with Crippen LogP contribution in [-0.4, -0.2) is 47.0 Å². The van der Waals surface area contributed by atoms with Gasteiger partial charge in [-0.05, 0) is 36.8 Å². The van der Waals surface area contributed by atoms with Gasteiger partial charge in [0.1, 0.15) is 23.5 Å². The van der Waals surface area contributed by atoms with Gasteiger partial charge in [0.2, 0.25) is 0 Å². The molecule has 5 nitrogen and oxygen atoms in total. The van der Waals surface area contributed by atoms with E-state index in [0.29, 0.717) is 46.9 Å². The second-order valence-electron chi connectivity index (χ2n) is 6.48. The number of para-hydroxylation sites is 1. The summed E-state index contributed by atoms with van der Waals surface area (Å²) in [6, 6.07) is 11.9. The van der Waals surface area contributed by atoms with Gasteiger partial charge in [0.25, 0.3) is 5.91 Å². The average molecular weight is 385 g/mol. The number of nitrogens with zero attached hydrogens (tertiary/aromatic N) is 4. The topological polar surface area (TPSA) is 49.3 Å². The van der Waals surface area contributed by atoms with Crippen molar-refractivity contribution in [3.05, 3.63) is 65.2 Å². The second kappa shape index (κ2) is 7.48. The number of hydrogen-bond donors (Lipinski definition) is 0. The average Bonchev–Trinajstić information content (AvgIpc) is 2.93. The highest BCUT2D eigenvalue weighted by Crippen LogP contribution is 2.25. The lowest BCUT2D eigenvalue weighted by molar-refractivity contribution is 0.0767. The SMILES string of the molecule is O=C(c1cccc(Cl)c1)N1CCCN(c2ncnc3c(F)cccc23)CC1. The Balaban J connectivity index is 1.56. The summed E-state index contributed by atoms with van der Waals surface area (Å²) < 4.78 is 14.0. The Morgan fingerprint density at radius 1 is 1.04 bits per heavy atom. The maximum atomic E-state index is 14.0. The van der Waals surface area contributed by atoms with Crippen molar-refractivity contribution in [1.82, 2.24) is 14.9 Å². The monoisotopic (exact) mass is 384 g/mol. The van der Waals surface area contributed by atoms with Gasteiger partial charge in [-0.3, -0.25) is 4.79 Å². The van der Waals surface area contributed by atoms with Crippen LogP contribution in [-0.2, 0) is 0 Å². The molecule has 27 heavy (non-hydrogen) atoms. The van der Waals surface area contributed by atoms with Gasteiger partial charge in [-0.2, -0.15) is 0 Å². The molecule has 1 aliphatic rings. The minimum absolute atomic E-state index is 0.0297. The highest BCUT2D eigenvalue weighted by atomic mass is 35.5. The molecule has 0 radical (unpaired) electrons. The molecule has 1 amide bonds. The number of hydrogen-bond acceptors (Lipinski definition) is 4. The first kappa shape index (κ1) is 17.7. The summed E-state index contributed by atoms with van der Waals surface area (Å²) in [7, 11) is 0. The first-order valence-electron chi connectivity index (χ1n) is 8.82. The quantitative estimate of drug-likeness (QED) is 0.674. The first-order chi connectivity index (χ1) is 13.1. The molecule has 0 N–H and O–H groups in total. The number of benzene rings is 2. The Kier molecular flexibility index (Phi) is 4.90. The lowest BCUT2D eigenvalue weighted by Gasteiger charge is -2.23. The van der Waals surface area contributed by atoms with Crippen LogP contribution in [0, 0.1) is 5.82 Å². The Morgan fingerprint density at radius 2 is 1.89 bits per heavy atom. The molecule has 0 bridgehead atoms. The third-order valence-corrected chi connectivity index (χ3v) is 4.98. The van der Waals surface area contributed by atoms with Gasteiger partial charge >= 0.3 is 0 Å². The summed E-state index contributed by atoms with van der Waals surface area (Å²) in [5.41, 5.74) is 0.907. The maximum Gasteiger partial charge on any atom is 0.253 e. The fourth-order valence-corrected chi connectivity index (χ4v) is 3.62. The largest absolute Gasteiger partial charge is 0.354 e. The molecule has 3 aromatic rings. The van der Waals surface area contributed by atoms with E-state index in [1.54, 1.807) is 30.3 Å². The molecule has 0 unspecified atom stereocenters. The van der Waals surface area contributed by atoms with E-state index in [4.69, 9.17) is 11.6 Å². The molecule has 138 valence electrons. The van der Waals surface area contributed by atoms with E-state index in [2.05, 4.69) is 14.9 Å². The van der Waals surface area contributed by atoms with Gasteiger partial charge in [-0.15, -0.1) is 0 Å². The fraction of sp³-hybridized carbons (Fsp3) is 0.250. The van der Waals surface area contributed by atoms with Gasteiger partial charge in [0.05, 0.1) is 0 Å². The second-order valence-corrected chi connectivity index (χ2v) is 6.91. The van der Waals surface area contributed by atoms with E-state index in [1.807, 2.05) is 11.0 Å². The number of aromatic nitrogens is 2. The molecule has 0 saturated carbocycles. The van der Waals surface area contributed by atoms with Crippen LogP contribution in [0.3, 0.4) is 0 Å². The van der Waals surface area contributed by atoms with Crippen LogP contribution in [0.25, 0.3) is 10.9 Å². The van der Waals surface area contributed by atoms with Crippen LogP contribution < -0.4 is 4.90 Å². The Labute approximate surface area is 161 Å². The summed E-state index contributed by atoms with van der Waals surface area (Å²) in [5, 5.41) is 1.24. The van der Waals surface area contributed by atoms with Crippen LogP contribution in [0.2, 0.25) is 5.02 Å². The number of rotatable bonds is 2. The zero-order valence-corrected chi connectivity index (χ0v) is 15.4. The van der Waals surface area contributed by atoms with Gasteiger partial charge in [-0.25, -0.2) is 14.4 Å². The van der Waals surface area contributed by atoms with E-state index in [0.717, 1.165) is 13.0 Å². The van der Waals surface area contributed by atoms with Crippen molar-refractivity contribution in [1.29, 1.82) is 0 Å². The van der Waals surface area contributed by atoms with Crippen molar-refractivity contribution in [2.75, 3.05) is 31.1 Å². The van der Waals surface area contributed by atoms with Crippen LogP contribution in [0.1, 0.15) is 16.8 Å². The predicted octanol–water partition coefficient (Wildman–Crippen LogP) is 3.77. The number of halogens is 2. The first-order valence-corrected chi connectivity index (χ1v) is 9.20. The minimum atomic E-state index is -0.358. The van der Waals surface area contributed by atoms with Crippen molar-refractivity contribution >= 4 is 34.2 Å². The highest BCUT2D eigenvalue weighted by Gasteiger charge is 2.22. The van der Waals surface area contributed by atoms with Crippen LogP contribution in [0.4, 0.5) is 10.2 Å². The number of carbonyl (C=O) groups excluding carboxylic acids is 1. The summed E-state index contributed by atoms with van der Waals surface area (Å²) in [5.74, 6) is 0.318. The van der Waals surface area contributed by atoms with E-state index < -0.39 is 0 Å². The van der Waals surface area contributed by atoms with Gasteiger partial charge in [0.15, 0.2) is 0 Å².